The van der Waals surface area contributed by atoms with E-state index in [9.17, 15) is 4.79 Å². The van der Waals surface area contributed by atoms with Gasteiger partial charge in [-0.2, -0.15) is 5.26 Å². The Morgan fingerprint density at radius 3 is 2.60 bits per heavy atom. The summed E-state index contributed by atoms with van der Waals surface area (Å²) in [4.78, 5) is 16.3. The normalized spacial score (nSPS) is 16.2. The van der Waals surface area contributed by atoms with Crippen molar-refractivity contribution in [1.82, 2.24) is 4.90 Å². The smallest absolute Gasteiger partial charge is 0.230 e. The van der Waals surface area contributed by atoms with E-state index >= 15 is 0 Å². The minimum Gasteiger partial charge on any atom is -0.497 e. The van der Waals surface area contributed by atoms with E-state index in [0.717, 1.165) is 24.2 Å². The minimum atomic E-state index is -0.191. The summed E-state index contributed by atoms with van der Waals surface area (Å²) in [5.41, 5.74) is 1.02. The fourth-order valence-electron chi connectivity index (χ4n) is 3.26. The van der Waals surface area contributed by atoms with Crippen LogP contribution in [0, 0.1) is 17.2 Å². The second-order valence-electron chi connectivity index (χ2n) is 6.34. The maximum atomic E-state index is 13.2. The summed E-state index contributed by atoms with van der Waals surface area (Å²) < 4.78 is 5.23. The average Bonchev–Trinajstić information content (AvgIpc) is 3.19. The first-order chi connectivity index (χ1) is 12.2. The maximum Gasteiger partial charge on any atom is 0.230 e. The molecule has 0 saturated carbocycles. The van der Waals surface area contributed by atoms with Gasteiger partial charge in [0.15, 0.2) is 0 Å². The number of benzene rings is 1. The molecule has 0 N–H and O–H groups in total. The van der Waals surface area contributed by atoms with Crippen molar-refractivity contribution in [2.45, 2.75) is 25.2 Å². The van der Waals surface area contributed by atoms with Crippen molar-refractivity contribution >= 4 is 17.2 Å². The Balaban J connectivity index is 1.80. The van der Waals surface area contributed by atoms with Gasteiger partial charge >= 0.3 is 0 Å². The van der Waals surface area contributed by atoms with Gasteiger partial charge in [-0.3, -0.25) is 4.79 Å². The highest BCUT2D eigenvalue weighted by Gasteiger charge is 2.29. The first-order valence-electron chi connectivity index (χ1n) is 8.56. The van der Waals surface area contributed by atoms with E-state index < -0.39 is 0 Å². The van der Waals surface area contributed by atoms with E-state index in [0.29, 0.717) is 19.5 Å². The van der Waals surface area contributed by atoms with Crippen LogP contribution in [0.4, 0.5) is 0 Å². The van der Waals surface area contributed by atoms with Gasteiger partial charge in [0, 0.05) is 23.9 Å². The summed E-state index contributed by atoms with van der Waals surface area (Å²) in [6.07, 6.45) is 2.26. The van der Waals surface area contributed by atoms with Crippen molar-refractivity contribution in [3.05, 3.63) is 52.2 Å². The van der Waals surface area contributed by atoms with Gasteiger partial charge in [0.1, 0.15) is 5.75 Å². The molecule has 0 bridgehead atoms. The molecule has 130 valence electrons. The first kappa shape index (κ1) is 17.5. The molecule has 2 aromatic rings. The molecule has 2 heterocycles. The number of thiophene rings is 1. The van der Waals surface area contributed by atoms with Crippen LogP contribution in [0.25, 0.3) is 0 Å². The molecular weight excluding hydrogens is 332 g/mol. The highest BCUT2D eigenvalue weighted by Crippen LogP contribution is 2.29. The Morgan fingerprint density at radius 2 is 2.04 bits per heavy atom. The number of ether oxygens (including phenoxy) is 1. The zero-order valence-electron chi connectivity index (χ0n) is 14.4. The summed E-state index contributed by atoms with van der Waals surface area (Å²) in [6.45, 7) is 1.35. The van der Waals surface area contributed by atoms with Crippen LogP contribution in [0.3, 0.4) is 0 Å². The molecule has 0 spiro atoms. The molecule has 4 nitrogen and oxygen atoms in total. The van der Waals surface area contributed by atoms with E-state index in [1.807, 2.05) is 40.6 Å². The molecule has 1 saturated heterocycles. The number of nitrogens with zero attached hydrogens (tertiary/aromatic N) is 2. The zero-order chi connectivity index (χ0) is 17.6. The Bertz CT molecular complexity index is 726. The lowest BCUT2D eigenvalue weighted by molar-refractivity contribution is -0.134. The second-order valence-corrected chi connectivity index (χ2v) is 7.37. The first-order valence-corrected chi connectivity index (χ1v) is 9.44. The maximum absolute atomic E-state index is 13.2. The summed E-state index contributed by atoms with van der Waals surface area (Å²) in [5.74, 6) is 0.847. The van der Waals surface area contributed by atoms with Crippen molar-refractivity contribution in [3.63, 3.8) is 0 Å². The fourth-order valence-corrected chi connectivity index (χ4v) is 4.02. The van der Waals surface area contributed by atoms with Crippen molar-refractivity contribution in [1.29, 1.82) is 5.26 Å². The summed E-state index contributed by atoms with van der Waals surface area (Å²) in [5, 5.41) is 11.1. The van der Waals surface area contributed by atoms with Gasteiger partial charge in [-0.25, -0.2) is 0 Å². The molecule has 1 aliphatic heterocycles. The SMILES string of the molecule is COc1ccc(C(Cc2cccs2)C(=O)N2CCC(C#N)CC2)cc1. The van der Waals surface area contributed by atoms with Crippen LogP contribution in [-0.2, 0) is 11.2 Å². The predicted octanol–water partition coefficient (Wildman–Crippen LogP) is 3.85. The number of carbonyl (C=O) groups excluding carboxylic acids is 1. The number of nitriles is 1. The molecule has 3 rings (SSSR count). The van der Waals surface area contributed by atoms with Gasteiger partial charge in [0.2, 0.25) is 5.91 Å². The van der Waals surface area contributed by atoms with Crippen molar-refractivity contribution in [3.8, 4) is 11.8 Å². The number of amides is 1. The van der Waals surface area contributed by atoms with Gasteiger partial charge in [-0.05, 0) is 48.4 Å². The zero-order valence-corrected chi connectivity index (χ0v) is 15.2. The molecule has 1 amide bonds. The fraction of sp³-hybridized carbons (Fsp3) is 0.400. The van der Waals surface area contributed by atoms with Gasteiger partial charge in [0.05, 0.1) is 19.1 Å². The summed E-state index contributed by atoms with van der Waals surface area (Å²) >= 11 is 1.68. The van der Waals surface area contributed by atoms with Crippen LogP contribution >= 0.6 is 11.3 Å². The lowest BCUT2D eigenvalue weighted by atomic mass is 9.91. The standard InChI is InChI=1S/C20H22N2O2S/c1-24-17-6-4-16(5-7-17)19(13-18-3-2-12-25-18)20(23)22-10-8-15(14-21)9-11-22/h2-7,12,15,19H,8-11,13H2,1H3. The monoisotopic (exact) mass is 354 g/mol. The van der Waals surface area contributed by atoms with E-state index in [1.54, 1.807) is 18.4 Å². The Morgan fingerprint density at radius 1 is 1.32 bits per heavy atom. The third kappa shape index (κ3) is 4.21. The number of hydrogen-bond acceptors (Lipinski definition) is 4. The highest BCUT2D eigenvalue weighted by atomic mass is 32.1. The molecule has 0 radical (unpaired) electrons. The van der Waals surface area contributed by atoms with Crippen LogP contribution in [0.1, 0.15) is 29.2 Å². The Hall–Kier alpha value is -2.32. The van der Waals surface area contributed by atoms with Crippen LogP contribution in [-0.4, -0.2) is 31.0 Å². The number of hydrogen-bond donors (Lipinski definition) is 0. The molecule has 1 aliphatic rings. The van der Waals surface area contributed by atoms with Crippen LogP contribution < -0.4 is 4.74 Å². The number of methoxy groups -OCH3 is 1. The van der Waals surface area contributed by atoms with Crippen LogP contribution in [0.2, 0.25) is 0 Å². The van der Waals surface area contributed by atoms with Crippen molar-refractivity contribution in [2.24, 2.45) is 5.92 Å². The van der Waals surface area contributed by atoms with E-state index in [-0.39, 0.29) is 17.7 Å². The Kier molecular flexibility index (Phi) is 5.72. The Labute approximate surface area is 152 Å². The van der Waals surface area contributed by atoms with Crippen LogP contribution in [0.5, 0.6) is 5.75 Å². The molecule has 0 aliphatic carbocycles. The van der Waals surface area contributed by atoms with Crippen molar-refractivity contribution in [2.75, 3.05) is 20.2 Å². The van der Waals surface area contributed by atoms with E-state index in [1.165, 1.54) is 4.88 Å². The van der Waals surface area contributed by atoms with E-state index in [2.05, 4.69) is 12.1 Å². The number of likely N-dealkylation sites (tertiary alicyclic amines) is 1. The summed E-state index contributed by atoms with van der Waals surface area (Å²) in [7, 11) is 1.64. The van der Waals surface area contributed by atoms with E-state index in [4.69, 9.17) is 10.00 Å². The third-order valence-corrected chi connectivity index (χ3v) is 5.69. The lowest BCUT2D eigenvalue weighted by Gasteiger charge is -2.32. The average molecular weight is 354 g/mol. The number of piperidine rings is 1. The number of rotatable bonds is 5. The predicted molar refractivity (Wildman–Crippen MR) is 98.7 cm³/mol. The molecule has 5 heteroatoms. The molecule has 1 aromatic heterocycles. The molecule has 25 heavy (non-hydrogen) atoms. The van der Waals surface area contributed by atoms with Crippen molar-refractivity contribution < 1.29 is 9.53 Å². The minimum absolute atomic E-state index is 0.0841. The van der Waals surface area contributed by atoms with Gasteiger partial charge in [-0.1, -0.05) is 18.2 Å². The summed E-state index contributed by atoms with van der Waals surface area (Å²) in [6, 6.07) is 14.2. The topological polar surface area (TPSA) is 53.3 Å². The highest BCUT2D eigenvalue weighted by molar-refractivity contribution is 7.09. The molecular formula is C20H22N2O2S. The van der Waals surface area contributed by atoms with Crippen LogP contribution in [0.15, 0.2) is 41.8 Å². The van der Waals surface area contributed by atoms with Gasteiger partial charge in [0.25, 0.3) is 0 Å². The molecule has 1 atom stereocenters. The molecule has 1 aromatic carbocycles. The molecule has 1 fully saturated rings. The number of carbonyl (C=O) groups is 1. The van der Waals surface area contributed by atoms with Gasteiger partial charge in [-0.15, -0.1) is 11.3 Å². The largest absolute Gasteiger partial charge is 0.497 e. The quantitative estimate of drug-likeness (QED) is 0.819. The lowest BCUT2D eigenvalue weighted by Crippen LogP contribution is -2.41. The molecule has 1 unspecified atom stereocenters. The van der Waals surface area contributed by atoms with Gasteiger partial charge < -0.3 is 9.64 Å². The third-order valence-electron chi connectivity index (χ3n) is 4.79. The second kappa shape index (κ2) is 8.17.